The third kappa shape index (κ3) is 4.32. The molecule has 6 heteroatoms. The molecule has 0 aromatic carbocycles. The minimum Gasteiger partial charge on any atom is -0.466 e. The molecule has 1 rings (SSSR count). The average molecular weight is 244 g/mol. The summed E-state index contributed by atoms with van der Waals surface area (Å²) in [5.41, 5.74) is 0. The highest BCUT2D eigenvalue weighted by molar-refractivity contribution is 5.83. The quantitative estimate of drug-likeness (QED) is 0.593. The normalized spacial score (nSPS) is 21.7. The van der Waals surface area contributed by atoms with E-state index < -0.39 is 12.1 Å². The number of aliphatic hydroxyl groups excluding tert-OH is 1. The maximum absolute atomic E-state index is 11.5. The van der Waals surface area contributed by atoms with Crippen LogP contribution in [0.15, 0.2) is 0 Å². The molecule has 0 saturated carbocycles. The first-order valence-corrected chi connectivity index (χ1v) is 5.86. The summed E-state index contributed by atoms with van der Waals surface area (Å²) in [5.74, 6) is -0.384. The number of carbonyl (C=O) groups excluding carboxylic acids is 2. The van der Waals surface area contributed by atoms with Crippen molar-refractivity contribution in [2.75, 3.05) is 26.7 Å². The Morgan fingerprint density at radius 2 is 2.41 bits per heavy atom. The summed E-state index contributed by atoms with van der Waals surface area (Å²) < 4.78 is 4.72. The molecule has 1 fully saturated rings. The van der Waals surface area contributed by atoms with Crippen molar-refractivity contribution in [1.82, 2.24) is 10.2 Å². The summed E-state index contributed by atoms with van der Waals surface area (Å²) in [7, 11) is 1.75. The first kappa shape index (κ1) is 13.9. The lowest BCUT2D eigenvalue weighted by Gasteiger charge is -2.15. The highest BCUT2D eigenvalue weighted by atomic mass is 16.5. The molecule has 0 aromatic heterocycles. The number of amides is 1. The lowest BCUT2D eigenvalue weighted by Crippen LogP contribution is -2.41. The van der Waals surface area contributed by atoms with Crippen molar-refractivity contribution in [2.45, 2.75) is 31.9 Å². The second-order valence-electron chi connectivity index (χ2n) is 4.17. The third-order valence-electron chi connectivity index (χ3n) is 2.73. The maximum atomic E-state index is 11.5. The number of likely N-dealkylation sites (tertiary alicyclic amines) is 1. The van der Waals surface area contributed by atoms with Crippen LogP contribution in [0.4, 0.5) is 0 Å². The van der Waals surface area contributed by atoms with Gasteiger partial charge >= 0.3 is 5.97 Å². The SMILES string of the molecule is CCOC(=O)CC(O)CNC1CCN(C)C1=O. The van der Waals surface area contributed by atoms with Gasteiger partial charge in [-0.1, -0.05) is 0 Å². The van der Waals surface area contributed by atoms with E-state index >= 15 is 0 Å². The fourth-order valence-corrected chi connectivity index (χ4v) is 1.77. The van der Waals surface area contributed by atoms with E-state index in [-0.39, 0.29) is 24.9 Å². The van der Waals surface area contributed by atoms with Crippen LogP contribution in [0.1, 0.15) is 19.8 Å². The van der Waals surface area contributed by atoms with Crippen LogP contribution < -0.4 is 5.32 Å². The molecule has 6 nitrogen and oxygen atoms in total. The Balaban J connectivity index is 2.22. The van der Waals surface area contributed by atoms with Gasteiger partial charge in [-0.2, -0.15) is 0 Å². The Morgan fingerprint density at radius 1 is 1.71 bits per heavy atom. The third-order valence-corrected chi connectivity index (χ3v) is 2.73. The summed E-state index contributed by atoms with van der Waals surface area (Å²) in [4.78, 5) is 24.3. The molecule has 2 atom stereocenters. The molecule has 1 amide bonds. The van der Waals surface area contributed by atoms with E-state index in [0.29, 0.717) is 6.61 Å². The van der Waals surface area contributed by atoms with Crippen LogP contribution in [0.2, 0.25) is 0 Å². The Morgan fingerprint density at radius 3 is 2.94 bits per heavy atom. The summed E-state index contributed by atoms with van der Waals surface area (Å²) in [6, 6.07) is -0.239. The standard InChI is InChI=1S/C11H20N2O4/c1-3-17-10(15)6-8(14)7-12-9-4-5-13(2)11(9)16/h8-9,12,14H,3-7H2,1-2H3. The number of nitrogens with one attached hydrogen (secondary N) is 1. The van der Waals surface area contributed by atoms with Gasteiger partial charge < -0.3 is 20.1 Å². The molecule has 1 aliphatic rings. The molecule has 0 bridgehead atoms. The second kappa shape index (κ2) is 6.56. The predicted molar refractivity (Wildman–Crippen MR) is 61.3 cm³/mol. The fourth-order valence-electron chi connectivity index (χ4n) is 1.77. The first-order chi connectivity index (χ1) is 8.04. The minimum atomic E-state index is -0.812. The lowest BCUT2D eigenvalue weighted by atomic mass is 10.2. The monoisotopic (exact) mass is 244 g/mol. The number of carbonyl (C=O) groups is 2. The smallest absolute Gasteiger partial charge is 0.308 e. The maximum Gasteiger partial charge on any atom is 0.308 e. The Hall–Kier alpha value is -1.14. The van der Waals surface area contributed by atoms with Crippen LogP contribution in [0.5, 0.6) is 0 Å². The largest absolute Gasteiger partial charge is 0.466 e. The average Bonchev–Trinajstić information content (AvgIpc) is 2.57. The van der Waals surface area contributed by atoms with E-state index in [1.54, 1.807) is 18.9 Å². The molecule has 2 N–H and O–H groups in total. The van der Waals surface area contributed by atoms with Crippen LogP contribution in [-0.2, 0) is 14.3 Å². The van der Waals surface area contributed by atoms with Gasteiger partial charge in [-0.15, -0.1) is 0 Å². The molecule has 17 heavy (non-hydrogen) atoms. The molecule has 1 aliphatic heterocycles. The van der Waals surface area contributed by atoms with Gasteiger partial charge in [0.25, 0.3) is 0 Å². The van der Waals surface area contributed by atoms with Crippen molar-refractivity contribution in [3.63, 3.8) is 0 Å². The molecule has 0 aliphatic carbocycles. The number of ether oxygens (including phenoxy) is 1. The second-order valence-corrected chi connectivity index (χ2v) is 4.17. The van der Waals surface area contributed by atoms with Crippen LogP contribution in [0.3, 0.4) is 0 Å². The predicted octanol–water partition coefficient (Wildman–Crippen LogP) is -0.879. The van der Waals surface area contributed by atoms with Gasteiger partial charge in [0, 0.05) is 20.1 Å². The van der Waals surface area contributed by atoms with Crippen molar-refractivity contribution >= 4 is 11.9 Å². The van der Waals surface area contributed by atoms with Crippen molar-refractivity contribution in [1.29, 1.82) is 0 Å². The summed E-state index contributed by atoms with van der Waals surface area (Å²) in [6.07, 6.45) is -0.119. The van der Waals surface area contributed by atoms with Gasteiger partial charge in [-0.3, -0.25) is 9.59 Å². The number of hydrogen-bond donors (Lipinski definition) is 2. The topological polar surface area (TPSA) is 78.9 Å². The van der Waals surface area contributed by atoms with Crippen LogP contribution >= 0.6 is 0 Å². The fraction of sp³-hybridized carbons (Fsp3) is 0.818. The number of hydrogen-bond acceptors (Lipinski definition) is 5. The molecular weight excluding hydrogens is 224 g/mol. The molecule has 1 heterocycles. The zero-order chi connectivity index (χ0) is 12.8. The van der Waals surface area contributed by atoms with Crippen LogP contribution in [0, 0.1) is 0 Å². The lowest BCUT2D eigenvalue weighted by molar-refractivity contribution is -0.145. The highest BCUT2D eigenvalue weighted by Gasteiger charge is 2.28. The molecular formula is C11H20N2O4. The number of rotatable bonds is 6. The van der Waals surface area contributed by atoms with Crippen LogP contribution in [0.25, 0.3) is 0 Å². The van der Waals surface area contributed by atoms with Crippen molar-refractivity contribution < 1.29 is 19.4 Å². The highest BCUT2D eigenvalue weighted by Crippen LogP contribution is 2.08. The van der Waals surface area contributed by atoms with Gasteiger partial charge in [0.1, 0.15) is 0 Å². The summed E-state index contributed by atoms with van der Waals surface area (Å²) in [5, 5.41) is 12.5. The van der Waals surface area contributed by atoms with E-state index in [0.717, 1.165) is 13.0 Å². The Kier molecular flexibility index (Phi) is 5.37. The van der Waals surface area contributed by atoms with Gasteiger partial charge in [0.05, 0.1) is 25.2 Å². The van der Waals surface area contributed by atoms with Gasteiger partial charge in [0.15, 0.2) is 0 Å². The van der Waals surface area contributed by atoms with Crippen molar-refractivity contribution in [2.24, 2.45) is 0 Å². The molecule has 0 radical (unpaired) electrons. The summed E-state index contributed by atoms with van der Waals surface area (Å²) >= 11 is 0. The van der Waals surface area contributed by atoms with E-state index in [2.05, 4.69) is 5.32 Å². The number of likely N-dealkylation sites (N-methyl/N-ethyl adjacent to an activating group) is 1. The number of aliphatic hydroxyl groups is 1. The van der Waals surface area contributed by atoms with E-state index in [1.807, 2.05) is 0 Å². The van der Waals surface area contributed by atoms with Crippen molar-refractivity contribution in [3.05, 3.63) is 0 Å². The zero-order valence-corrected chi connectivity index (χ0v) is 10.3. The Bertz CT molecular complexity index is 283. The summed E-state index contributed by atoms with van der Waals surface area (Å²) in [6.45, 7) is 2.98. The molecule has 1 saturated heterocycles. The van der Waals surface area contributed by atoms with Gasteiger partial charge in [-0.05, 0) is 13.3 Å². The van der Waals surface area contributed by atoms with Gasteiger partial charge in [-0.25, -0.2) is 0 Å². The molecule has 98 valence electrons. The number of nitrogens with zero attached hydrogens (tertiary/aromatic N) is 1. The molecule has 2 unspecified atom stereocenters. The number of esters is 1. The first-order valence-electron chi connectivity index (χ1n) is 5.86. The van der Waals surface area contributed by atoms with Crippen LogP contribution in [-0.4, -0.2) is 60.8 Å². The molecule has 0 aromatic rings. The van der Waals surface area contributed by atoms with E-state index in [1.165, 1.54) is 0 Å². The van der Waals surface area contributed by atoms with E-state index in [4.69, 9.17) is 4.74 Å². The molecule has 0 spiro atoms. The minimum absolute atomic E-state index is 0.0355. The Labute approximate surface area is 101 Å². The van der Waals surface area contributed by atoms with E-state index in [9.17, 15) is 14.7 Å². The zero-order valence-electron chi connectivity index (χ0n) is 10.3. The van der Waals surface area contributed by atoms with Crippen molar-refractivity contribution in [3.8, 4) is 0 Å². The van der Waals surface area contributed by atoms with Gasteiger partial charge in [0.2, 0.25) is 5.91 Å².